The van der Waals surface area contributed by atoms with E-state index in [2.05, 4.69) is 26.4 Å². The van der Waals surface area contributed by atoms with Crippen LogP contribution in [0.4, 0.5) is 13.2 Å². The number of aromatic nitrogens is 3. The van der Waals surface area contributed by atoms with Gasteiger partial charge >= 0.3 is 6.18 Å². The van der Waals surface area contributed by atoms with Crippen LogP contribution in [0, 0.1) is 5.92 Å². The van der Waals surface area contributed by atoms with Crippen molar-refractivity contribution in [1.29, 1.82) is 0 Å². The smallest absolute Gasteiger partial charge is 0.346 e. The summed E-state index contributed by atoms with van der Waals surface area (Å²) >= 11 is 0. The van der Waals surface area contributed by atoms with E-state index in [4.69, 9.17) is 0 Å². The first-order valence-electron chi connectivity index (χ1n) is 10.7. The standard InChI is InChI=1S/C24H23F3N4O/c1-15-7-10-30(13-16-2-4-17(5-3-16)24(25,26)27)14-20(15)31-11-8-21(32)19-12-29-23-18(22(19)31)6-9-28-23/h2-6,8-9,11-12,15,20H,7,10,13-14H2,1H3,(H,28,29). The van der Waals surface area contributed by atoms with Gasteiger partial charge in [-0.25, -0.2) is 4.98 Å². The van der Waals surface area contributed by atoms with Crippen molar-refractivity contribution in [1.82, 2.24) is 19.4 Å². The number of H-pyrrole nitrogens is 1. The van der Waals surface area contributed by atoms with Crippen LogP contribution in [0.25, 0.3) is 21.9 Å². The minimum absolute atomic E-state index is 0.0584. The Labute approximate surface area is 182 Å². The third-order valence-corrected chi connectivity index (χ3v) is 6.52. The molecule has 4 aromatic rings. The van der Waals surface area contributed by atoms with Crippen molar-refractivity contribution < 1.29 is 13.2 Å². The van der Waals surface area contributed by atoms with Gasteiger partial charge in [0.05, 0.1) is 16.5 Å². The van der Waals surface area contributed by atoms with Crippen LogP contribution in [0.2, 0.25) is 0 Å². The largest absolute Gasteiger partial charge is 0.416 e. The van der Waals surface area contributed by atoms with Gasteiger partial charge in [-0.05, 0) is 42.6 Å². The summed E-state index contributed by atoms with van der Waals surface area (Å²) in [5, 5.41) is 1.50. The van der Waals surface area contributed by atoms with Crippen LogP contribution in [0.1, 0.15) is 30.5 Å². The number of nitrogens with zero attached hydrogens (tertiary/aromatic N) is 3. The van der Waals surface area contributed by atoms with Crippen molar-refractivity contribution in [3.63, 3.8) is 0 Å². The molecule has 0 spiro atoms. The number of hydrogen-bond acceptors (Lipinski definition) is 3. The van der Waals surface area contributed by atoms with Gasteiger partial charge in [0.2, 0.25) is 0 Å². The highest BCUT2D eigenvalue weighted by molar-refractivity contribution is 6.02. The van der Waals surface area contributed by atoms with Gasteiger partial charge in [0.15, 0.2) is 5.43 Å². The summed E-state index contributed by atoms with van der Waals surface area (Å²) in [4.78, 5) is 22.3. The number of benzene rings is 1. The number of rotatable bonds is 3. The molecule has 0 saturated carbocycles. The highest BCUT2D eigenvalue weighted by Crippen LogP contribution is 2.33. The van der Waals surface area contributed by atoms with Gasteiger partial charge in [-0.3, -0.25) is 9.69 Å². The number of aromatic amines is 1. The lowest BCUT2D eigenvalue weighted by molar-refractivity contribution is -0.137. The van der Waals surface area contributed by atoms with Crippen molar-refractivity contribution in [2.24, 2.45) is 5.92 Å². The predicted octanol–water partition coefficient (Wildman–Crippen LogP) is 4.98. The predicted molar refractivity (Wildman–Crippen MR) is 117 cm³/mol. The zero-order valence-electron chi connectivity index (χ0n) is 17.6. The molecule has 0 amide bonds. The molecule has 0 bridgehead atoms. The average Bonchev–Trinajstić information content (AvgIpc) is 3.25. The maximum Gasteiger partial charge on any atom is 0.416 e. The second kappa shape index (κ2) is 7.78. The summed E-state index contributed by atoms with van der Waals surface area (Å²) in [5.74, 6) is 0.381. The normalized spacial score (nSPS) is 20.2. The molecule has 2 atom stereocenters. The fourth-order valence-electron chi connectivity index (χ4n) is 4.72. The summed E-state index contributed by atoms with van der Waals surface area (Å²) in [6.07, 6.45) is 1.94. The Morgan fingerprint density at radius 2 is 1.91 bits per heavy atom. The zero-order valence-corrected chi connectivity index (χ0v) is 17.6. The maximum absolute atomic E-state index is 12.9. The number of halogens is 3. The molecule has 4 heterocycles. The summed E-state index contributed by atoms with van der Waals surface area (Å²) in [5.41, 5.74) is 1.78. The number of likely N-dealkylation sites (tertiary alicyclic amines) is 1. The summed E-state index contributed by atoms with van der Waals surface area (Å²) in [7, 11) is 0. The Hall–Kier alpha value is -3.13. The molecule has 32 heavy (non-hydrogen) atoms. The Balaban J connectivity index is 1.47. The monoisotopic (exact) mass is 440 g/mol. The van der Waals surface area contributed by atoms with Crippen molar-refractivity contribution in [2.75, 3.05) is 13.1 Å². The molecule has 1 N–H and O–H groups in total. The van der Waals surface area contributed by atoms with E-state index in [9.17, 15) is 18.0 Å². The van der Waals surface area contributed by atoms with Gasteiger partial charge < -0.3 is 9.55 Å². The highest BCUT2D eigenvalue weighted by atomic mass is 19.4. The lowest BCUT2D eigenvalue weighted by Crippen LogP contribution is -2.40. The van der Waals surface area contributed by atoms with E-state index in [0.717, 1.165) is 53.8 Å². The fourth-order valence-corrected chi connectivity index (χ4v) is 4.72. The van der Waals surface area contributed by atoms with E-state index in [1.165, 1.54) is 0 Å². The molecule has 1 aliphatic rings. The number of alkyl halides is 3. The Morgan fingerprint density at radius 3 is 2.66 bits per heavy atom. The van der Waals surface area contributed by atoms with Crippen molar-refractivity contribution in [3.05, 3.63) is 76.3 Å². The van der Waals surface area contributed by atoms with E-state index in [0.29, 0.717) is 17.8 Å². The first-order valence-corrected chi connectivity index (χ1v) is 10.7. The molecule has 1 aromatic carbocycles. The fraction of sp³-hybridized carbons (Fsp3) is 0.333. The van der Waals surface area contributed by atoms with Crippen LogP contribution in [-0.2, 0) is 12.7 Å². The SMILES string of the molecule is CC1CCN(Cc2ccc(C(F)(F)F)cc2)CC1n1ccc(=O)c2cnc3[nH]ccc3c21. The van der Waals surface area contributed by atoms with Crippen LogP contribution in [0.3, 0.4) is 0 Å². The van der Waals surface area contributed by atoms with Gasteiger partial charge in [0.1, 0.15) is 5.65 Å². The first-order chi connectivity index (χ1) is 15.3. The van der Waals surface area contributed by atoms with Crippen LogP contribution in [0.15, 0.2) is 59.8 Å². The van der Waals surface area contributed by atoms with E-state index in [1.807, 2.05) is 18.5 Å². The van der Waals surface area contributed by atoms with Gasteiger partial charge in [-0.1, -0.05) is 19.1 Å². The molecule has 5 nitrogen and oxygen atoms in total. The minimum atomic E-state index is -4.33. The van der Waals surface area contributed by atoms with E-state index in [-0.39, 0.29) is 11.5 Å². The minimum Gasteiger partial charge on any atom is -0.346 e. The topological polar surface area (TPSA) is 53.9 Å². The molecule has 1 saturated heterocycles. The van der Waals surface area contributed by atoms with Crippen LogP contribution >= 0.6 is 0 Å². The average molecular weight is 440 g/mol. The summed E-state index contributed by atoms with van der Waals surface area (Å²) < 4.78 is 40.8. The van der Waals surface area contributed by atoms with Crippen LogP contribution in [0.5, 0.6) is 0 Å². The zero-order chi connectivity index (χ0) is 22.5. The number of piperidine rings is 1. The van der Waals surface area contributed by atoms with Gasteiger partial charge in [0.25, 0.3) is 0 Å². The molecular weight excluding hydrogens is 417 g/mol. The second-order valence-corrected chi connectivity index (χ2v) is 8.61. The number of fused-ring (bicyclic) bond motifs is 3. The van der Waals surface area contributed by atoms with E-state index < -0.39 is 11.7 Å². The van der Waals surface area contributed by atoms with Crippen molar-refractivity contribution in [2.45, 2.75) is 32.1 Å². The third-order valence-electron chi connectivity index (χ3n) is 6.52. The molecule has 166 valence electrons. The van der Waals surface area contributed by atoms with Gasteiger partial charge in [-0.15, -0.1) is 0 Å². The molecule has 0 radical (unpaired) electrons. The van der Waals surface area contributed by atoms with E-state index >= 15 is 0 Å². The quantitative estimate of drug-likeness (QED) is 0.489. The summed E-state index contributed by atoms with van der Waals surface area (Å²) in [6, 6.07) is 9.05. The van der Waals surface area contributed by atoms with Crippen molar-refractivity contribution in [3.8, 4) is 0 Å². The molecule has 5 rings (SSSR count). The Kier molecular flexibility index (Phi) is 5.04. The molecule has 0 aliphatic carbocycles. The number of pyridine rings is 2. The Bertz CT molecular complexity index is 1320. The molecule has 1 fully saturated rings. The Morgan fingerprint density at radius 1 is 1.12 bits per heavy atom. The van der Waals surface area contributed by atoms with Gasteiger partial charge in [0, 0.05) is 49.2 Å². The van der Waals surface area contributed by atoms with Crippen LogP contribution < -0.4 is 5.43 Å². The van der Waals surface area contributed by atoms with E-state index in [1.54, 1.807) is 24.4 Å². The van der Waals surface area contributed by atoms with Gasteiger partial charge in [-0.2, -0.15) is 13.2 Å². The lowest BCUT2D eigenvalue weighted by Gasteiger charge is -2.39. The molecule has 3 aromatic heterocycles. The highest BCUT2D eigenvalue weighted by Gasteiger charge is 2.31. The molecule has 2 unspecified atom stereocenters. The maximum atomic E-state index is 12.9. The number of hydrogen-bond donors (Lipinski definition) is 1. The first kappa shape index (κ1) is 20.8. The van der Waals surface area contributed by atoms with Crippen molar-refractivity contribution >= 4 is 21.9 Å². The molecule has 1 aliphatic heterocycles. The summed E-state index contributed by atoms with van der Waals surface area (Å²) in [6.45, 7) is 4.41. The third kappa shape index (κ3) is 3.68. The lowest BCUT2D eigenvalue weighted by atomic mass is 9.92. The molecule has 8 heteroatoms. The molecular formula is C24H23F3N4O. The number of nitrogens with one attached hydrogen (secondary N) is 1. The second-order valence-electron chi connectivity index (χ2n) is 8.61. The van der Waals surface area contributed by atoms with Crippen LogP contribution in [-0.4, -0.2) is 32.5 Å².